The van der Waals surface area contributed by atoms with Gasteiger partial charge >= 0.3 is 12.1 Å². The van der Waals surface area contributed by atoms with Crippen molar-refractivity contribution in [3.05, 3.63) is 12.2 Å². The van der Waals surface area contributed by atoms with Crippen LogP contribution < -0.4 is 5.32 Å². The highest BCUT2D eigenvalue weighted by atomic mass is 16.7. The van der Waals surface area contributed by atoms with Gasteiger partial charge in [0.1, 0.15) is 19.3 Å². The number of carbonyl (C=O) groups excluding carboxylic acids is 2. The fourth-order valence-electron chi connectivity index (χ4n) is 1.48. The van der Waals surface area contributed by atoms with Gasteiger partial charge in [-0.15, -0.1) is 0 Å². The molecule has 0 aromatic carbocycles. The van der Waals surface area contributed by atoms with Gasteiger partial charge in [-0.2, -0.15) is 0 Å². The van der Waals surface area contributed by atoms with Crippen LogP contribution in [-0.2, 0) is 23.7 Å². The fourth-order valence-corrected chi connectivity index (χ4v) is 1.48. The molecular weight excluding hydrogens is 266 g/mol. The van der Waals surface area contributed by atoms with Crippen LogP contribution in [-0.4, -0.2) is 50.3 Å². The Morgan fingerprint density at radius 3 is 2.65 bits per heavy atom. The van der Waals surface area contributed by atoms with Gasteiger partial charge in [0.05, 0.1) is 13.2 Å². The van der Waals surface area contributed by atoms with Crippen molar-refractivity contribution < 1.29 is 28.5 Å². The average molecular weight is 287 g/mol. The summed E-state index contributed by atoms with van der Waals surface area (Å²) in [7, 11) is 0. The number of esters is 1. The van der Waals surface area contributed by atoms with E-state index < -0.39 is 17.8 Å². The van der Waals surface area contributed by atoms with Crippen molar-refractivity contribution in [1.29, 1.82) is 0 Å². The summed E-state index contributed by atoms with van der Waals surface area (Å²) >= 11 is 0. The van der Waals surface area contributed by atoms with Crippen molar-refractivity contribution in [3.63, 3.8) is 0 Å². The van der Waals surface area contributed by atoms with Crippen LogP contribution in [0.2, 0.25) is 0 Å². The Labute approximate surface area is 118 Å². The van der Waals surface area contributed by atoms with E-state index in [0.717, 1.165) is 0 Å². The largest absolute Gasteiger partial charge is 0.460 e. The first-order valence-electron chi connectivity index (χ1n) is 6.35. The van der Waals surface area contributed by atoms with E-state index in [9.17, 15) is 9.59 Å². The number of hydrogen-bond donors (Lipinski definition) is 1. The van der Waals surface area contributed by atoms with E-state index in [1.807, 2.05) is 0 Å². The third kappa shape index (κ3) is 6.03. The predicted octanol–water partition coefficient (Wildman–Crippen LogP) is 0.983. The molecule has 7 nitrogen and oxygen atoms in total. The standard InChI is InChI=1S/C13H21NO6/c1-9(2)11(15)17-6-5-14-12(16)18-7-10-8-19-13(3,4)20-10/h10H,1,5-8H2,2-4H3,(H,14,16). The van der Waals surface area contributed by atoms with Gasteiger partial charge in [0.25, 0.3) is 0 Å². The monoisotopic (exact) mass is 287 g/mol. The van der Waals surface area contributed by atoms with E-state index in [0.29, 0.717) is 12.2 Å². The zero-order chi connectivity index (χ0) is 15.2. The summed E-state index contributed by atoms with van der Waals surface area (Å²) in [5.74, 6) is -1.12. The van der Waals surface area contributed by atoms with Gasteiger partial charge in [0, 0.05) is 5.57 Å². The van der Waals surface area contributed by atoms with Gasteiger partial charge in [-0.1, -0.05) is 6.58 Å². The second kappa shape index (κ2) is 7.25. The Balaban J connectivity index is 2.07. The molecule has 1 heterocycles. The second-order valence-corrected chi connectivity index (χ2v) is 4.89. The van der Waals surface area contributed by atoms with Crippen LogP contribution in [0.5, 0.6) is 0 Å². The minimum atomic E-state index is -0.638. The molecule has 0 aromatic rings. The molecule has 1 N–H and O–H groups in total. The number of carbonyl (C=O) groups is 2. The molecule has 7 heteroatoms. The van der Waals surface area contributed by atoms with Gasteiger partial charge < -0.3 is 24.3 Å². The quantitative estimate of drug-likeness (QED) is 0.445. The molecule has 1 aliphatic rings. The van der Waals surface area contributed by atoms with Gasteiger partial charge in [-0.05, 0) is 20.8 Å². The Bertz CT molecular complexity index is 379. The molecule has 1 saturated heterocycles. The SMILES string of the molecule is C=C(C)C(=O)OCCNC(=O)OCC1COC(C)(C)O1. The normalized spacial score (nSPS) is 20.2. The van der Waals surface area contributed by atoms with E-state index in [2.05, 4.69) is 11.9 Å². The molecule has 1 aliphatic heterocycles. The number of ether oxygens (including phenoxy) is 4. The summed E-state index contributed by atoms with van der Waals surface area (Å²) in [5, 5.41) is 2.46. The third-order valence-corrected chi connectivity index (χ3v) is 2.42. The number of hydrogen-bond acceptors (Lipinski definition) is 6. The van der Waals surface area contributed by atoms with Gasteiger partial charge in [0.2, 0.25) is 0 Å². The lowest BCUT2D eigenvalue weighted by atomic mass is 10.4. The zero-order valence-electron chi connectivity index (χ0n) is 12.1. The highest BCUT2D eigenvalue weighted by Crippen LogP contribution is 2.22. The van der Waals surface area contributed by atoms with E-state index >= 15 is 0 Å². The van der Waals surface area contributed by atoms with Crippen molar-refractivity contribution >= 4 is 12.1 Å². The van der Waals surface area contributed by atoms with E-state index in [1.54, 1.807) is 20.8 Å². The summed E-state index contributed by atoms with van der Waals surface area (Å²) in [6.45, 7) is 9.32. The summed E-state index contributed by atoms with van der Waals surface area (Å²) in [6, 6.07) is 0. The average Bonchev–Trinajstić information content (AvgIpc) is 2.71. The van der Waals surface area contributed by atoms with Crippen molar-refractivity contribution in [2.75, 3.05) is 26.4 Å². The molecule has 0 aromatic heterocycles. The van der Waals surface area contributed by atoms with E-state index in [-0.39, 0.29) is 25.9 Å². The molecule has 1 unspecified atom stereocenters. The Morgan fingerprint density at radius 2 is 2.10 bits per heavy atom. The molecule has 1 atom stereocenters. The number of nitrogens with one attached hydrogen (secondary N) is 1. The smallest absolute Gasteiger partial charge is 0.407 e. The molecule has 0 spiro atoms. The first-order chi connectivity index (χ1) is 9.30. The maximum Gasteiger partial charge on any atom is 0.407 e. The van der Waals surface area contributed by atoms with Gasteiger partial charge in [0.15, 0.2) is 5.79 Å². The third-order valence-electron chi connectivity index (χ3n) is 2.42. The molecular formula is C13H21NO6. The van der Waals surface area contributed by atoms with Crippen LogP contribution in [0.3, 0.4) is 0 Å². The summed E-state index contributed by atoms with van der Waals surface area (Å²) in [5.41, 5.74) is 0.313. The van der Waals surface area contributed by atoms with Crippen molar-refractivity contribution in [3.8, 4) is 0 Å². The first kappa shape index (κ1) is 16.5. The van der Waals surface area contributed by atoms with Crippen molar-refractivity contribution in [2.24, 2.45) is 0 Å². The van der Waals surface area contributed by atoms with E-state index in [4.69, 9.17) is 18.9 Å². The molecule has 1 fully saturated rings. The maximum absolute atomic E-state index is 11.4. The van der Waals surface area contributed by atoms with Gasteiger partial charge in [-0.25, -0.2) is 9.59 Å². The van der Waals surface area contributed by atoms with Crippen LogP contribution >= 0.6 is 0 Å². The zero-order valence-corrected chi connectivity index (χ0v) is 12.1. The molecule has 0 aliphatic carbocycles. The van der Waals surface area contributed by atoms with Crippen LogP contribution in [0.25, 0.3) is 0 Å². The molecule has 1 amide bonds. The Morgan fingerprint density at radius 1 is 1.40 bits per heavy atom. The van der Waals surface area contributed by atoms with E-state index in [1.165, 1.54) is 0 Å². The summed E-state index contributed by atoms with van der Waals surface area (Å²) in [6.07, 6.45) is -0.860. The molecule has 20 heavy (non-hydrogen) atoms. The molecule has 1 rings (SSSR count). The number of alkyl carbamates (subject to hydrolysis) is 1. The van der Waals surface area contributed by atoms with Gasteiger partial charge in [-0.3, -0.25) is 0 Å². The molecule has 114 valence electrons. The summed E-state index contributed by atoms with van der Waals surface area (Å²) < 4.78 is 20.6. The highest BCUT2D eigenvalue weighted by molar-refractivity contribution is 5.86. The summed E-state index contributed by atoms with van der Waals surface area (Å²) in [4.78, 5) is 22.4. The predicted molar refractivity (Wildman–Crippen MR) is 70.0 cm³/mol. The lowest BCUT2D eigenvalue weighted by molar-refractivity contribution is -0.142. The number of amides is 1. The van der Waals surface area contributed by atoms with Crippen molar-refractivity contribution in [1.82, 2.24) is 5.32 Å². The second-order valence-electron chi connectivity index (χ2n) is 4.89. The topological polar surface area (TPSA) is 83.1 Å². The van der Waals surface area contributed by atoms with Crippen LogP contribution in [0.4, 0.5) is 4.79 Å². The Hall–Kier alpha value is -1.60. The first-order valence-corrected chi connectivity index (χ1v) is 6.35. The lowest BCUT2D eigenvalue weighted by Gasteiger charge is -2.17. The van der Waals surface area contributed by atoms with Crippen molar-refractivity contribution in [2.45, 2.75) is 32.7 Å². The number of rotatable bonds is 6. The molecule has 0 saturated carbocycles. The minimum absolute atomic E-state index is 0.0663. The maximum atomic E-state index is 11.4. The van der Waals surface area contributed by atoms with Crippen LogP contribution in [0.1, 0.15) is 20.8 Å². The van der Waals surface area contributed by atoms with Crippen LogP contribution in [0, 0.1) is 0 Å². The fraction of sp³-hybridized carbons (Fsp3) is 0.692. The minimum Gasteiger partial charge on any atom is -0.460 e. The highest BCUT2D eigenvalue weighted by Gasteiger charge is 2.33. The molecule has 0 bridgehead atoms. The Kier molecular flexibility index (Phi) is 5.97. The lowest BCUT2D eigenvalue weighted by Crippen LogP contribution is -2.32. The molecule has 0 radical (unpaired) electrons. The van der Waals surface area contributed by atoms with Crippen LogP contribution in [0.15, 0.2) is 12.2 Å².